The van der Waals surface area contributed by atoms with Crippen molar-refractivity contribution in [1.82, 2.24) is 0 Å². The molecule has 0 spiro atoms. The van der Waals surface area contributed by atoms with E-state index in [-0.39, 0.29) is 22.8 Å². The van der Waals surface area contributed by atoms with E-state index in [0.717, 1.165) is 10.6 Å². The highest BCUT2D eigenvalue weighted by Crippen LogP contribution is 2.28. The zero-order valence-corrected chi connectivity index (χ0v) is 16.3. The molecule has 0 heterocycles. The largest absolute Gasteiger partial charge is 0.497 e. The van der Waals surface area contributed by atoms with Crippen molar-refractivity contribution in [3.8, 4) is 5.75 Å². The summed E-state index contributed by atoms with van der Waals surface area (Å²) in [4.78, 5) is 25.1. The van der Waals surface area contributed by atoms with Crippen molar-refractivity contribution in [2.75, 3.05) is 19.0 Å². The van der Waals surface area contributed by atoms with Crippen LogP contribution in [0.25, 0.3) is 0 Å². The first-order chi connectivity index (χ1) is 12.4. The Morgan fingerprint density at radius 1 is 1.19 bits per heavy atom. The number of hydrogen-bond acceptors (Lipinski definition) is 5. The third-order valence-corrected chi connectivity index (χ3v) is 4.90. The predicted octanol–water partition coefficient (Wildman–Crippen LogP) is 4.64. The van der Waals surface area contributed by atoms with Gasteiger partial charge >= 0.3 is 5.97 Å². The fourth-order valence-electron chi connectivity index (χ4n) is 2.10. The molecule has 7 heteroatoms. The standard InChI is InChI=1S/C19H20ClNO4S/c1-4-25-19(23)13-5-10-17(16(20)11-13)21-18(22)12(2)26-15-8-6-14(24-3)7-9-15/h5-12H,4H2,1-3H3,(H,21,22). The first-order valence-electron chi connectivity index (χ1n) is 8.02. The average Bonchev–Trinajstić information content (AvgIpc) is 2.64. The molecule has 0 aromatic heterocycles. The summed E-state index contributed by atoms with van der Waals surface area (Å²) in [7, 11) is 1.61. The normalized spacial score (nSPS) is 11.5. The van der Waals surface area contributed by atoms with E-state index in [9.17, 15) is 9.59 Å². The molecule has 1 N–H and O–H groups in total. The zero-order valence-electron chi connectivity index (χ0n) is 14.7. The van der Waals surface area contributed by atoms with Crippen LogP contribution in [0.2, 0.25) is 5.02 Å². The summed E-state index contributed by atoms with van der Waals surface area (Å²) < 4.78 is 10.0. The van der Waals surface area contributed by atoms with Crippen LogP contribution < -0.4 is 10.1 Å². The summed E-state index contributed by atoms with van der Waals surface area (Å²) in [5.74, 6) is 0.132. The molecule has 2 aromatic carbocycles. The number of anilines is 1. The maximum atomic E-state index is 12.4. The van der Waals surface area contributed by atoms with Crippen LogP contribution in [0.3, 0.4) is 0 Å². The Hall–Kier alpha value is -2.18. The minimum Gasteiger partial charge on any atom is -0.497 e. The predicted molar refractivity (Wildman–Crippen MR) is 104 cm³/mol. The second-order valence-electron chi connectivity index (χ2n) is 5.34. The number of carbonyl (C=O) groups is 2. The SMILES string of the molecule is CCOC(=O)c1ccc(NC(=O)C(C)Sc2ccc(OC)cc2)c(Cl)c1. The lowest BCUT2D eigenvalue weighted by molar-refractivity contribution is -0.115. The summed E-state index contributed by atoms with van der Waals surface area (Å²) in [5, 5.41) is 2.74. The second kappa shape index (κ2) is 9.50. The third kappa shape index (κ3) is 5.41. The van der Waals surface area contributed by atoms with Gasteiger partial charge in [-0.2, -0.15) is 0 Å². The number of ether oxygens (including phenoxy) is 2. The van der Waals surface area contributed by atoms with Crippen molar-refractivity contribution >= 4 is 40.9 Å². The van der Waals surface area contributed by atoms with Gasteiger partial charge < -0.3 is 14.8 Å². The fraction of sp³-hybridized carbons (Fsp3) is 0.263. The molecule has 0 aliphatic heterocycles. The van der Waals surface area contributed by atoms with Crippen LogP contribution in [0.5, 0.6) is 5.75 Å². The van der Waals surface area contributed by atoms with Crippen molar-refractivity contribution < 1.29 is 19.1 Å². The molecule has 2 rings (SSSR count). The van der Waals surface area contributed by atoms with Crippen LogP contribution in [0.4, 0.5) is 5.69 Å². The smallest absolute Gasteiger partial charge is 0.338 e. The van der Waals surface area contributed by atoms with E-state index < -0.39 is 5.97 Å². The van der Waals surface area contributed by atoms with Gasteiger partial charge in [0.05, 0.1) is 35.2 Å². The zero-order chi connectivity index (χ0) is 19.1. The summed E-state index contributed by atoms with van der Waals surface area (Å²) in [5.41, 5.74) is 0.794. The topological polar surface area (TPSA) is 64.6 Å². The van der Waals surface area contributed by atoms with E-state index in [1.807, 2.05) is 31.2 Å². The van der Waals surface area contributed by atoms with Crippen molar-refractivity contribution in [1.29, 1.82) is 0 Å². The van der Waals surface area contributed by atoms with Crippen molar-refractivity contribution in [2.24, 2.45) is 0 Å². The van der Waals surface area contributed by atoms with E-state index in [0.29, 0.717) is 11.3 Å². The molecule has 5 nitrogen and oxygen atoms in total. The fourth-order valence-corrected chi connectivity index (χ4v) is 3.20. The van der Waals surface area contributed by atoms with Gasteiger partial charge in [0, 0.05) is 4.90 Å². The summed E-state index contributed by atoms with van der Waals surface area (Å²) >= 11 is 7.60. The molecule has 0 radical (unpaired) electrons. The van der Waals surface area contributed by atoms with Crippen LogP contribution in [0, 0.1) is 0 Å². The molecule has 0 saturated carbocycles. The molecule has 1 atom stereocenters. The number of rotatable bonds is 7. The number of hydrogen-bond donors (Lipinski definition) is 1. The molecule has 26 heavy (non-hydrogen) atoms. The van der Waals surface area contributed by atoms with Crippen molar-refractivity contribution in [3.05, 3.63) is 53.1 Å². The van der Waals surface area contributed by atoms with Gasteiger partial charge in [0.1, 0.15) is 5.75 Å². The lowest BCUT2D eigenvalue weighted by atomic mass is 10.2. The number of benzene rings is 2. The van der Waals surface area contributed by atoms with Gasteiger partial charge in [0.15, 0.2) is 0 Å². The highest BCUT2D eigenvalue weighted by atomic mass is 35.5. The summed E-state index contributed by atoms with van der Waals surface area (Å²) in [6.07, 6.45) is 0. The number of nitrogens with one attached hydrogen (secondary N) is 1. The van der Waals surface area contributed by atoms with Crippen molar-refractivity contribution in [3.63, 3.8) is 0 Å². The van der Waals surface area contributed by atoms with Gasteiger partial charge in [0.25, 0.3) is 0 Å². The minimum absolute atomic E-state index is 0.184. The Morgan fingerprint density at radius 2 is 1.88 bits per heavy atom. The highest BCUT2D eigenvalue weighted by molar-refractivity contribution is 8.00. The molecule has 138 valence electrons. The number of amides is 1. The summed E-state index contributed by atoms with van der Waals surface area (Å²) in [6.45, 7) is 3.83. The van der Waals surface area contributed by atoms with Crippen LogP contribution >= 0.6 is 23.4 Å². The van der Waals surface area contributed by atoms with Gasteiger partial charge in [0.2, 0.25) is 5.91 Å². The second-order valence-corrected chi connectivity index (χ2v) is 7.16. The lowest BCUT2D eigenvalue weighted by Gasteiger charge is -2.14. The molecule has 0 fully saturated rings. The van der Waals surface area contributed by atoms with Gasteiger partial charge in [-0.1, -0.05) is 11.6 Å². The van der Waals surface area contributed by atoms with Gasteiger partial charge in [-0.25, -0.2) is 4.79 Å². The molecule has 1 amide bonds. The van der Waals surface area contributed by atoms with Gasteiger partial charge in [-0.3, -0.25) is 4.79 Å². The van der Waals surface area contributed by atoms with Crippen LogP contribution in [-0.2, 0) is 9.53 Å². The third-order valence-electron chi connectivity index (χ3n) is 3.48. The summed E-state index contributed by atoms with van der Waals surface area (Å²) in [6, 6.07) is 12.1. The van der Waals surface area contributed by atoms with Crippen LogP contribution in [0.1, 0.15) is 24.2 Å². The Labute approximate surface area is 162 Å². The van der Waals surface area contributed by atoms with E-state index in [2.05, 4.69) is 5.32 Å². The van der Waals surface area contributed by atoms with Gasteiger partial charge in [-0.15, -0.1) is 11.8 Å². The highest BCUT2D eigenvalue weighted by Gasteiger charge is 2.17. The number of esters is 1. The van der Waals surface area contributed by atoms with Crippen LogP contribution in [0.15, 0.2) is 47.4 Å². The maximum absolute atomic E-state index is 12.4. The van der Waals surface area contributed by atoms with Crippen LogP contribution in [-0.4, -0.2) is 30.8 Å². The first-order valence-corrected chi connectivity index (χ1v) is 9.28. The molecule has 2 aromatic rings. The quantitative estimate of drug-likeness (QED) is 0.548. The molecule has 0 saturated heterocycles. The number of thioether (sulfide) groups is 1. The van der Waals surface area contributed by atoms with Crippen molar-refractivity contribution in [2.45, 2.75) is 24.0 Å². The Bertz CT molecular complexity index is 780. The number of carbonyl (C=O) groups excluding carboxylic acids is 2. The number of halogens is 1. The lowest BCUT2D eigenvalue weighted by Crippen LogP contribution is -2.22. The molecule has 0 bridgehead atoms. The Morgan fingerprint density at radius 3 is 2.46 bits per heavy atom. The van der Waals surface area contributed by atoms with Gasteiger partial charge in [-0.05, 0) is 56.3 Å². The average molecular weight is 394 g/mol. The van der Waals surface area contributed by atoms with E-state index in [1.165, 1.54) is 17.8 Å². The molecular weight excluding hydrogens is 374 g/mol. The minimum atomic E-state index is -0.448. The van der Waals surface area contributed by atoms with E-state index in [4.69, 9.17) is 21.1 Å². The van der Waals surface area contributed by atoms with E-state index in [1.54, 1.807) is 26.2 Å². The first kappa shape index (κ1) is 20.1. The Kier molecular flexibility index (Phi) is 7.36. The molecule has 0 aliphatic rings. The van der Waals surface area contributed by atoms with E-state index >= 15 is 0 Å². The Balaban J connectivity index is 2.00. The maximum Gasteiger partial charge on any atom is 0.338 e. The molecule has 1 unspecified atom stereocenters. The molecular formula is C19H20ClNO4S. The molecule has 0 aliphatic carbocycles. The number of methoxy groups -OCH3 is 1. The monoisotopic (exact) mass is 393 g/mol.